The Bertz CT molecular complexity index is 1190. The molecule has 1 amide bonds. The highest BCUT2D eigenvalue weighted by atomic mass is 16.5. The maximum atomic E-state index is 13.3. The van der Waals surface area contributed by atoms with Crippen molar-refractivity contribution in [2.24, 2.45) is 7.05 Å². The molecule has 4 rings (SSSR count). The van der Waals surface area contributed by atoms with Gasteiger partial charge in [0.05, 0.1) is 41.7 Å². The van der Waals surface area contributed by atoms with E-state index in [2.05, 4.69) is 20.6 Å². The van der Waals surface area contributed by atoms with Crippen LogP contribution in [0.15, 0.2) is 47.2 Å². The summed E-state index contributed by atoms with van der Waals surface area (Å²) in [6.45, 7) is 3.83. The van der Waals surface area contributed by atoms with E-state index in [4.69, 9.17) is 9.26 Å². The molecule has 8 nitrogen and oxygen atoms in total. The number of pyridine rings is 1. The van der Waals surface area contributed by atoms with Gasteiger partial charge in [-0.15, -0.1) is 0 Å². The molecule has 8 heteroatoms. The van der Waals surface area contributed by atoms with Gasteiger partial charge in [0.1, 0.15) is 5.75 Å². The number of aryl methyl sites for hydroxylation is 2. The van der Waals surface area contributed by atoms with Crippen molar-refractivity contribution in [2.75, 3.05) is 7.11 Å². The van der Waals surface area contributed by atoms with Crippen LogP contribution in [-0.4, -0.2) is 32.9 Å². The predicted octanol–water partition coefficient (Wildman–Crippen LogP) is 3.82. The summed E-state index contributed by atoms with van der Waals surface area (Å²) in [7, 11) is 3.46. The van der Waals surface area contributed by atoms with Crippen molar-refractivity contribution in [2.45, 2.75) is 26.3 Å². The van der Waals surface area contributed by atoms with Gasteiger partial charge in [0, 0.05) is 18.8 Å². The van der Waals surface area contributed by atoms with Crippen LogP contribution in [-0.2, 0) is 7.05 Å². The van der Waals surface area contributed by atoms with Crippen molar-refractivity contribution in [3.05, 3.63) is 59.5 Å². The van der Waals surface area contributed by atoms with Gasteiger partial charge >= 0.3 is 0 Å². The van der Waals surface area contributed by atoms with Gasteiger partial charge in [-0.1, -0.05) is 24.2 Å². The first-order valence-electron chi connectivity index (χ1n) is 9.71. The van der Waals surface area contributed by atoms with Gasteiger partial charge < -0.3 is 14.6 Å². The van der Waals surface area contributed by atoms with Crippen LogP contribution >= 0.6 is 0 Å². The summed E-state index contributed by atoms with van der Waals surface area (Å²) in [6.07, 6.45) is 4.28. The molecular formula is C22H23N5O3. The SMILES string of the molecule is CC[C@@H](NC(=O)c1cc(-c2cnn(C)c2)nc2onc(C)c12)c1ccc(OC)cc1. The van der Waals surface area contributed by atoms with Gasteiger partial charge in [-0.2, -0.15) is 5.10 Å². The molecule has 0 aliphatic heterocycles. The van der Waals surface area contributed by atoms with E-state index in [1.165, 1.54) is 0 Å². The molecule has 0 radical (unpaired) electrons. The zero-order valence-electron chi connectivity index (χ0n) is 17.3. The van der Waals surface area contributed by atoms with Crippen LogP contribution in [0, 0.1) is 6.92 Å². The number of hydrogen-bond acceptors (Lipinski definition) is 6. The van der Waals surface area contributed by atoms with E-state index in [0.29, 0.717) is 28.1 Å². The maximum Gasteiger partial charge on any atom is 0.259 e. The van der Waals surface area contributed by atoms with Gasteiger partial charge in [-0.25, -0.2) is 4.98 Å². The van der Waals surface area contributed by atoms with E-state index >= 15 is 0 Å². The topological polar surface area (TPSA) is 95.1 Å². The third-order valence-corrected chi connectivity index (χ3v) is 5.09. The van der Waals surface area contributed by atoms with E-state index in [9.17, 15) is 4.79 Å². The molecule has 0 aliphatic rings. The smallest absolute Gasteiger partial charge is 0.259 e. The summed E-state index contributed by atoms with van der Waals surface area (Å²) in [5, 5.41) is 11.9. The molecule has 30 heavy (non-hydrogen) atoms. The normalized spacial score (nSPS) is 12.1. The Morgan fingerprint density at radius 2 is 2.07 bits per heavy atom. The Hall–Kier alpha value is -3.68. The first-order valence-corrected chi connectivity index (χ1v) is 9.71. The summed E-state index contributed by atoms with van der Waals surface area (Å²) < 4.78 is 12.3. The lowest BCUT2D eigenvalue weighted by molar-refractivity contribution is 0.0937. The van der Waals surface area contributed by atoms with Crippen molar-refractivity contribution in [1.29, 1.82) is 0 Å². The number of benzene rings is 1. The Morgan fingerprint density at radius 1 is 1.30 bits per heavy atom. The van der Waals surface area contributed by atoms with Crippen LogP contribution in [0.2, 0.25) is 0 Å². The molecule has 0 saturated carbocycles. The maximum absolute atomic E-state index is 13.3. The summed E-state index contributed by atoms with van der Waals surface area (Å²) in [6, 6.07) is 9.31. The number of carbonyl (C=O) groups is 1. The number of hydrogen-bond donors (Lipinski definition) is 1. The molecule has 0 saturated heterocycles. The van der Waals surface area contributed by atoms with E-state index in [0.717, 1.165) is 23.3 Å². The molecule has 1 atom stereocenters. The number of aromatic nitrogens is 4. The summed E-state index contributed by atoms with van der Waals surface area (Å²) in [4.78, 5) is 17.8. The van der Waals surface area contributed by atoms with Crippen LogP contribution in [0.25, 0.3) is 22.4 Å². The lowest BCUT2D eigenvalue weighted by Gasteiger charge is -2.18. The molecule has 0 unspecified atom stereocenters. The quantitative estimate of drug-likeness (QED) is 0.524. The van der Waals surface area contributed by atoms with Crippen molar-refractivity contribution >= 4 is 17.0 Å². The number of amides is 1. The van der Waals surface area contributed by atoms with Crippen LogP contribution < -0.4 is 10.1 Å². The highest BCUT2D eigenvalue weighted by Gasteiger charge is 2.22. The second kappa shape index (κ2) is 7.98. The fraction of sp³-hybridized carbons (Fsp3) is 0.273. The monoisotopic (exact) mass is 405 g/mol. The molecular weight excluding hydrogens is 382 g/mol. The highest BCUT2D eigenvalue weighted by Crippen LogP contribution is 2.28. The van der Waals surface area contributed by atoms with Crippen LogP contribution in [0.5, 0.6) is 5.75 Å². The molecule has 1 aromatic carbocycles. The van der Waals surface area contributed by atoms with Gasteiger partial charge in [-0.05, 0) is 37.1 Å². The highest BCUT2D eigenvalue weighted by molar-refractivity contribution is 6.07. The third-order valence-electron chi connectivity index (χ3n) is 5.09. The number of ether oxygens (including phenoxy) is 1. The Labute approximate surface area is 173 Å². The standard InChI is InChI=1S/C22H23N5O3/c1-5-18(14-6-8-16(29-4)9-7-14)24-21(28)17-10-19(15-11-23-27(3)12-15)25-22-20(17)13(2)26-30-22/h6-12,18H,5H2,1-4H3,(H,24,28)/t18-/m1/s1. The average Bonchev–Trinajstić information content (AvgIpc) is 3.37. The lowest BCUT2D eigenvalue weighted by Crippen LogP contribution is -2.28. The second-order valence-electron chi connectivity index (χ2n) is 7.11. The Balaban J connectivity index is 1.71. The van der Waals surface area contributed by atoms with Gasteiger partial charge in [0.25, 0.3) is 11.6 Å². The third kappa shape index (κ3) is 3.63. The zero-order chi connectivity index (χ0) is 21.3. The van der Waals surface area contributed by atoms with Crippen LogP contribution in [0.1, 0.15) is 41.0 Å². The molecule has 0 spiro atoms. The number of nitrogens with one attached hydrogen (secondary N) is 1. The lowest BCUT2D eigenvalue weighted by atomic mass is 10.0. The molecule has 154 valence electrons. The largest absolute Gasteiger partial charge is 0.497 e. The molecule has 3 heterocycles. The van der Waals surface area contributed by atoms with Crippen LogP contribution in [0.3, 0.4) is 0 Å². The van der Waals surface area contributed by atoms with Crippen molar-refractivity contribution in [3.63, 3.8) is 0 Å². The minimum atomic E-state index is -0.207. The minimum Gasteiger partial charge on any atom is -0.497 e. The van der Waals surface area contributed by atoms with E-state index < -0.39 is 0 Å². The first kappa shape index (κ1) is 19.6. The fourth-order valence-corrected chi connectivity index (χ4v) is 3.47. The van der Waals surface area contributed by atoms with Crippen molar-refractivity contribution < 1.29 is 14.1 Å². The summed E-state index contributed by atoms with van der Waals surface area (Å²) >= 11 is 0. The number of rotatable bonds is 6. The number of nitrogens with zero attached hydrogens (tertiary/aromatic N) is 4. The Kier molecular flexibility index (Phi) is 5.22. The number of carbonyl (C=O) groups excluding carboxylic acids is 1. The number of methoxy groups -OCH3 is 1. The molecule has 1 N–H and O–H groups in total. The zero-order valence-corrected chi connectivity index (χ0v) is 17.3. The van der Waals surface area contributed by atoms with Gasteiger partial charge in [-0.3, -0.25) is 9.48 Å². The molecule has 3 aromatic heterocycles. The van der Waals surface area contributed by atoms with Crippen LogP contribution in [0.4, 0.5) is 0 Å². The van der Waals surface area contributed by atoms with Gasteiger partial charge in [0.2, 0.25) is 0 Å². The molecule has 0 bridgehead atoms. The van der Waals surface area contributed by atoms with Crippen molar-refractivity contribution in [1.82, 2.24) is 25.2 Å². The first-order chi connectivity index (χ1) is 14.5. The Morgan fingerprint density at radius 3 is 2.70 bits per heavy atom. The van der Waals surface area contributed by atoms with E-state index in [1.807, 2.05) is 44.4 Å². The fourth-order valence-electron chi connectivity index (χ4n) is 3.47. The predicted molar refractivity (Wildman–Crippen MR) is 112 cm³/mol. The second-order valence-corrected chi connectivity index (χ2v) is 7.11. The minimum absolute atomic E-state index is 0.145. The van der Waals surface area contributed by atoms with Crippen molar-refractivity contribution in [3.8, 4) is 17.0 Å². The van der Waals surface area contributed by atoms with E-state index in [-0.39, 0.29) is 11.9 Å². The molecule has 4 aromatic rings. The molecule has 0 aliphatic carbocycles. The molecule has 0 fully saturated rings. The van der Waals surface area contributed by atoms with Gasteiger partial charge in [0.15, 0.2) is 0 Å². The summed E-state index contributed by atoms with van der Waals surface area (Å²) in [5.74, 6) is 0.568. The van der Waals surface area contributed by atoms with E-state index in [1.54, 1.807) is 31.0 Å². The number of fused-ring (bicyclic) bond motifs is 1. The summed E-state index contributed by atoms with van der Waals surface area (Å²) in [5.41, 5.74) is 3.84. The average molecular weight is 405 g/mol.